The van der Waals surface area contributed by atoms with Crippen LogP contribution in [-0.4, -0.2) is 51.4 Å². The van der Waals surface area contributed by atoms with Crippen LogP contribution in [0.15, 0.2) is 54.6 Å². The number of nitrogens with one attached hydrogen (secondary N) is 3. The fourth-order valence-corrected chi connectivity index (χ4v) is 6.46. The van der Waals surface area contributed by atoms with E-state index in [1.807, 2.05) is 76.2 Å². The molecule has 4 atom stereocenters. The van der Waals surface area contributed by atoms with Gasteiger partial charge in [-0.25, -0.2) is 0 Å². The molecule has 0 radical (unpaired) electrons. The smallest absolute Gasteiger partial charge is 0.256 e. The lowest BCUT2D eigenvalue weighted by molar-refractivity contribution is -0.133. The summed E-state index contributed by atoms with van der Waals surface area (Å²) in [7, 11) is 0. The molecule has 0 saturated carbocycles. The molecule has 8 nitrogen and oxygen atoms in total. The van der Waals surface area contributed by atoms with Gasteiger partial charge in [-0.05, 0) is 43.9 Å². The van der Waals surface area contributed by atoms with Gasteiger partial charge in [0, 0.05) is 16.9 Å². The third-order valence-corrected chi connectivity index (χ3v) is 8.39. The van der Waals surface area contributed by atoms with Gasteiger partial charge in [0.1, 0.15) is 23.5 Å². The number of hydrogen-bond acceptors (Lipinski definition) is 5. The van der Waals surface area contributed by atoms with Gasteiger partial charge in [0.2, 0.25) is 17.7 Å². The number of rotatable bonds is 8. The van der Waals surface area contributed by atoms with E-state index < -0.39 is 34.7 Å². The highest BCUT2D eigenvalue weighted by atomic mass is 32.2. The quantitative estimate of drug-likeness (QED) is 0.494. The van der Waals surface area contributed by atoms with Gasteiger partial charge in [0.25, 0.3) is 5.91 Å². The van der Waals surface area contributed by atoms with E-state index in [9.17, 15) is 19.2 Å². The first-order valence-electron chi connectivity index (χ1n) is 12.5. The van der Waals surface area contributed by atoms with Crippen molar-refractivity contribution in [2.75, 3.05) is 0 Å². The summed E-state index contributed by atoms with van der Waals surface area (Å²) < 4.78 is -0.550. The molecule has 9 heteroatoms. The van der Waals surface area contributed by atoms with Crippen molar-refractivity contribution in [3.63, 3.8) is 0 Å². The molecule has 0 unspecified atom stereocenters. The number of hydrogen-bond donors (Lipinski definition) is 3. The lowest BCUT2D eigenvalue weighted by Crippen LogP contribution is -2.58. The van der Waals surface area contributed by atoms with Crippen LogP contribution in [0.5, 0.6) is 0 Å². The monoisotopic (exact) mass is 522 g/mol. The van der Waals surface area contributed by atoms with Gasteiger partial charge in [-0.3, -0.25) is 19.2 Å². The Labute approximate surface area is 221 Å². The van der Waals surface area contributed by atoms with Gasteiger partial charge in [0.15, 0.2) is 0 Å². The maximum absolute atomic E-state index is 13.5. The maximum atomic E-state index is 13.5. The summed E-state index contributed by atoms with van der Waals surface area (Å²) in [5, 5.41) is 8.21. The van der Waals surface area contributed by atoms with Crippen molar-refractivity contribution in [3.8, 4) is 0 Å². The molecule has 2 heterocycles. The topological polar surface area (TPSA) is 108 Å². The molecule has 3 N–H and O–H groups in total. The summed E-state index contributed by atoms with van der Waals surface area (Å²) in [6.07, 6.45) is 0. The minimum atomic E-state index is -0.893. The van der Waals surface area contributed by atoms with Crippen molar-refractivity contribution >= 4 is 35.4 Å². The highest BCUT2D eigenvalue weighted by molar-refractivity contribution is 8.01. The second kappa shape index (κ2) is 10.6. The second-order valence-electron chi connectivity index (χ2n) is 10.4. The summed E-state index contributed by atoms with van der Waals surface area (Å²) in [5.41, 5.74) is 2.48. The van der Waals surface area contributed by atoms with Crippen LogP contribution in [0.3, 0.4) is 0 Å². The van der Waals surface area contributed by atoms with Crippen LogP contribution in [0, 0.1) is 5.92 Å². The number of carbonyl (C=O) groups is 4. The Morgan fingerprint density at radius 1 is 0.946 bits per heavy atom. The molecule has 0 spiro atoms. The van der Waals surface area contributed by atoms with E-state index in [0.717, 1.165) is 11.1 Å². The van der Waals surface area contributed by atoms with E-state index in [2.05, 4.69) is 16.0 Å². The zero-order chi connectivity index (χ0) is 26.9. The Bertz CT molecular complexity index is 1200. The summed E-state index contributed by atoms with van der Waals surface area (Å²) in [4.78, 5) is 54.1. The van der Waals surface area contributed by atoms with E-state index >= 15 is 0 Å². The van der Waals surface area contributed by atoms with Crippen molar-refractivity contribution in [1.29, 1.82) is 0 Å². The molecule has 1 saturated heterocycles. The van der Waals surface area contributed by atoms with Crippen LogP contribution in [0.1, 0.15) is 61.5 Å². The predicted octanol–water partition coefficient (Wildman–Crippen LogP) is 3.00. The zero-order valence-electron chi connectivity index (χ0n) is 21.8. The third kappa shape index (κ3) is 5.37. The number of fused-ring (bicyclic) bond motifs is 3. The molecule has 4 rings (SSSR count). The molecule has 2 aromatic carbocycles. The normalized spacial score (nSPS) is 21.1. The number of nitrogens with zero attached hydrogens (tertiary/aromatic N) is 1. The first-order chi connectivity index (χ1) is 17.5. The standard InChI is InChI=1S/C28H34N4O4S/c1-16(2)21(24(34)29-15-18-11-7-6-8-12-18)31-23(33)17(3)30-25(35)22-28(4,5)37-27-20-14-10-9-13-19(20)26(36)32(22)27/h6-14,16-17,21-22,27H,15H2,1-5H3,(H,29,34)(H,30,35)(H,31,33)/t17-,21-,22+,27+/m0/s1. The Morgan fingerprint density at radius 3 is 2.27 bits per heavy atom. The van der Waals surface area contributed by atoms with Gasteiger partial charge in [-0.15, -0.1) is 11.8 Å². The van der Waals surface area contributed by atoms with E-state index in [-0.39, 0.29) is 23.1 Å². The Kier molecular flexibility index (Phi) is 7.64. The van der Waals surface area contributed by atoms with Crippen molar-refractivity contribution in [2.24, 2.45) is 5.92 Å². The molecule has 196 valence electrons. The number of thioether (sulfide) groups is 1. The molecular weight excluding hydrogens is 488 g/mol. The Hall–Kier alpha value is -3.33. The zero-order valence-corrected chi connectivity index (χ0v) is 22.6. The largest absolute Gasteiger partial charge is 0.350 e. The molecule has 0 bridgehead atoms. The number of benzene rings is 2. The maximum Gasteiger partial charge on any atom is 0.256 e. The molecule has 1 fully saturated rings. The summed E-state index contributed by atoms with van der Waals surface area (Å²) >= 11 is 1.57. The minimum Gasteiger partial charge on any atom is -0.350 e. The van der Waals surface area contributed by atoms with E-state index in [1.54, 1.807) is 29.7 Å². The predicted molar refractivity (Wildman–Crippen MR) is 143 cm³/mol. The molecule has 2 aromatic rings. The highest BCUT2D eigenvalue weighted by Gasteiger charge is 2.57. The van der Waals surface area contributed by atoms with Crippen molar-refractivity contribution in [1.82, 2.24) is 20.9 Å². The minimum absolute atomic E-state index is 0.158. The number of amides is 4. The first kappa shape index (κ1) is 26.7. The van der Waals surface area contributed by atoms with Crippen molar-refractivity contribution in [3.05, 3.63) is 71.3 Å². The van der Waals surface area contributed by atoms with Crippen LogP contribution >= 0.6 is 11.8 Å². The molecular formula is C28H34N4O4S. The van der Waals surface area contributed by atoms with Gasteiger partial charge >= 0.3 is 0 Å². The average Bonchev–Trinajstić information content (AvgIpc) is 3.29. The van der Waals surface area contributed by atoms with Crippen molar-refractivity contribution in [2.45, 2.75) is 69.4 Å². The van der Waals surface area contributed by atoms with E-state index in [1.165, 1.54) is 0 Å². The molecule has 4 amide bonds. The van der Waals surface area contributed by atoms with Crippen molar-refractivity contribution < 1.29 is 19.2 Å². The van der Waals surface area contributed by atoms with Gasteiger partial charge in [-0.1, -0.05) is 62.4 Å². The Balaban J connectivity index is 1.40. The van der Waals surface area contributed by atoms with Crippen LogP contribution in [0.2, 0.25) is 0 Å². The van der Waals surface area contributed by atoms with E-state index in [0.29, 0.717) is 12.1 Å². The van der Waals surface area contributed by atoms with Crippen LogP contribution in [0.25, 0.3) is 0 Å². The summed E-state index contributed by atoms with van der Waals surface area (Å²) in [5.74, 6) is -1.47. The van der Waals surface area contributed by atoms with Gasteiger partial charge in [-0.2, -0.15) is 0 Å². The molecule has 2 aliphatic rings. The van der Waals surface area contributed by atoms with Crippen LogP contribution < -0.4 is 16.0 Å². The van der Waals surface area contributed by atoms with Crippen LogP contribution in [0.4, 0.5) is 0 Å². The summed E-state index contributed by atoms with van der Waals surface area (Å²) in [6, 6.07) is 14.5. The molecule has 37 heavy (non-hydrogen) atoms. The highest BCUT2D eigenvalue weighted by Crippen LogP contribution is 2.56. The van der Waals surface area contributed by atoms with Crippen LogP contribution in [-0.2, 0) is 20.9 Å². The number of carbonyl (C=O) groups excluding carboxylic acids is 4. The van der Waals surface area contributed by atoms with Gasteiger partial charge < -0.3 is 20.9 Å². The first-order valence-corrected chi connectivity index (χ1v) is 13.4. The molecule has 0 aliphatic carbocycles. The van der Waals surface area contributed by atoms with E-state index in [4.69, 9.17) is 0 Å². The fraction of sp³-hybridized carbons (Fsp3) is 0.429. The lowest BCUT2D eigenvalue weighted by atomic mass is 10.00. The Morgan fingerprint density at radius 2 is 1.59 bits per heavy atom. The van der Waals surface area contributed by atoms with Gasteiger partial charge in [0.05, 0.1) is 0 Å². The SMILES string of the molecule is CC(C)[C@H](NC(=O)[C@H](C)NC(=O)[C@H]1N2C(=O)c3ccccc3[C@H]2SC1(C)C)C(=O)NCc1ccccc1. The molecule has 2 aliphatic heterocycles. The fourth-order valence-electron chi connectivity index (χ4n) is 4.87. The summed E-state index contributed by atoms with van der Waals surface area (Å²) in [6.45, 7) is 9.52. The molecule has 0 aromatic heterocycles. The second-order valence-corrected chi connectivity index (χ2v) is 12.2. The average molecular weight is 523 g/mol. The third-order valence-electron chi connectivity index (χ3n) is 6.85. The lowest BCUT2D eigenvalue weighted by Gasteiger charge is -2.31.